The fourth-order valence-electron chi connectivity index (χ4n) is 3.20. The van der Waals surface area contributed by atoms with Gasteiger partial charge in [0.05, 0.1) is 18.5 Å². The van der Waals surface area contributed by atoms with E-state index >= 15 is 0 Å². The minimum Gasteiger partial charge on any atom is -0.491 e. The van der Waals surface area contributed by atoms with Gasteiger partial charge in [-0.2, -0.15) is 0 Å². The molecule has 0 spiro atoms. The summed E-state index contributed by atoms with van der Waals surface area (Å²) < 4.78 is 31.5. The molecule has 0 aliphatic carbocycles. The lowest BCUT2D eigenvalue weighted by Crippen LogP contribution is -2.48. The SMILES string of the molecule is C[C@@H](C(=O)NCCOc1cccc2ccccc12)N(c1ccc(Cl)cc1)S(C)(=O)=O. The highest BCUT2D eigenvalue weighted by molar-refractivity contribution is 7.92. The number of amides is 1. The predicted molar refractivity (Wildman–Crippen MR) is 121 cm³/mol. The van der Waals surface area contributed by atoms with E-state index in [1.165, 1.54) is 6.92 Å². The zero-order valence-corrected chi connectivity index (χ0v) is 18.3. The van der Waals surface area contributed by atoms with Crippen LogP contribution in [0.4, 0.5) is 5.69 Å². The molecule has 3 aromatic rings. The molecule has 0 bridgehead atoms. The summed E-state index contributed by atoms with van der Waals surface area (Å²) in [5.41, 5.74) is 0.372. The van der Waals surface area contributed by atoms with E-state index in [0.29, 0.717) is 10.7 Å². The van der Waals surface area contributed by atoms with Crippen LogP contribution >= 0.6 is 11.6 Å². The van der Waals surface area contributed by atoms with Crippen LogP contribution in [0.25, 0.3) is 10.8 Å². The summed E-state index contributed by atoms with van der Waals surface area (Å²) in [6.45, 7) is 2.04. The average Bonchev–Trinajstić information content (AvgIpc) is 2.71. The first-order valence-corrected chi connectivity index (χ1v) is 11.6. The van der Waals surface area contributed by atoms with Gasteiger partial charge in [-0.15, -0.1) is 0 Å². The zero-order chi connectivity index (χ0) is 21.7. The summed E-state index contributed by atoms with van der Waals surface area (Å²) in [6, 6.07) is 19.0. The first-order valence-electron chi connectivity index (χ1n) is 9.40. The maximum absolute atomic E-state index is 12.6. The lowest BCUT2D eigenvalue weighted by atomic mass is 10.1. The number of fused-ring (bicyclic) bond motifs is 1. The van der Waals surface area contributed by atoms with Crippen molar-refractivity contribution in [2.24, 2.45) is 0 Å². The normalized spacial score (nSPS) is 12.4. The second kappa shape index (κ2) is 9.36. The van der Waals surface area contributed by atoms with E-state index in [-0.39, 0.29) is 13.2 Å². The Hall–Kier alpha value is -2.77. The number of carbonyl (C=O) groups is 1. The van der Waals surface area contributed by atoms with Crippen LogP contribution < -0.4 is 14.4 Å². The van der Waals surface area contributed by atoms with Crippen molar-refractivity contribution in [2.75, 3.05) is 23.7 Å². The summed E-state index contributed by atoms with van der Waals surface area (Å²) in [6.07, 6.45) is 1.06. The van der Waals surface area contributed by atoms with Crippen molar-refractivity contribution in [3.63, 3.8) is 0 Å². The first kappa shape index (κ1) is 21.9. The Bertz CT molecular complexity index is 1130. The topological polar surface area (TPSA) is 75.7 Å². The van der Waals surface area contributed by atoms with Gasteiger partial charge >= 0.3 is 0 Å². The molecule has 1 atom stereocenters. The van der Waals surface area contributed by atoms with Crippen LogP contribution in [0.5, 0.6) is 5.75 Å². The zero-order valence-electron chi connectivity index (χ0n) is 16.7. The molecule has 0 unspecified atom stereocenters. The Labute approximate surface area is 181 Å². The van der Waals surface area contributed by atoms with E-state index in [1.807, 2.05) is 42.5 Å². The molecule has 0 aliphatic heterocycles. The molecule has 30 heavy (non-hydrogen) atoms. The predicted octanol–water partition coefficient (Wildman–Crippen LogP) is 3.84. The van der Waals surface area contributed by atoms with E-state index in [2.05, 4.69) is 5.32 Å². The monoisotopic (exact) mass is 446 g/mol. The highest BCUT2D eigenvalue weighted by Gasteiger charge is 2.28. The largest absolute Gasteiger partial charge is 0.491 e. The summed E-state index contributed by atoms with van der Waals surface area (Å²) in [4.78, 5) is 12.6. The fraction of sp³-hybridized carbons (Fsp3) is 0.227. The highest BCUT2D eigenvalue weighted by Crippen LogP contribution is 2.25. The van der Waals surface area contributed by atoms with E-state index in [0.717, 1.165) is 27.1 Å². The number of nitrogens with one attached hydrogen (secondary N) is 1. The van der Waals surface area contributed by atoms with Crippen LogP contribution in [0.2, 0.25) is 5.02 Å². The van der Waals surface area contributed by atoms with Crippen molar-refractivity contribution in [1.29, 1.82) is 0 Å². The van der Waals surface area contributed by atoms with Crippen LogP contribution in [0.3, 0.4) is 0 Å². The third kappa shape index (κ3) is 5.23. The van der Waals surface area contributed by atoms with Crippen LogP contribution in [-0.4, -0.2) is 39.8 Å². The number of sulfonamides is 1. The van der Waals surface area contributed by atoms with Crippen LogP contribution in [-0.2, 0) is 14.8 Å². The maximum Gasteiger partial charge on any atom is 0.243 e. The summed E-state index contributed by atoms with van der Waals surface area (Å²) in [7, 11) is -3.67. The quantitative estimate of drug-likeness (QED) is 0.533. The van der Waals surface area contributed by atoms with Gasteiger partial charge in [-0.3, -0.25) is 9.10 Å². The average molecular weight is 447 g/mol. The third-order valence-corrected chi connectivity index (χ3v) is 6.07. The summed E-state index contributed by atoms with van der Waals surface area (Å²) in [5.74, 6) is 0.311. The molecule has 0 fully saturated rings. The molecule has 0 saturated carbocycles. The molecule has 0 heterocycles. The van der Waals surface area contributed by atoms with E-state index < -0.39 is 22.0 Å². The van der Waals surface area contributed by atoms with Crippen molar-refractivity contribution >= 4 is 44.0 Å². The van der Waals surface area contributed by atoms with Gasteiger partial charge < -0.3 is 10.1 Å². The number of hydrogen-bond acceptors (Lipinski definition) is 4. The Balaban J connectivity index is 1.62. The van der Waals surface area contributed by atoms with Gasteiger partial charge in [-0.25, -0.2) is 8.42 Å². The first-order chi connectivity index (χ1) is 14.3. The van der Waals surface area contributed by atoms with Gasteiger partial charge in [0.15, 0.2) is 0 Å². The van der Waals surface area contributed by atoms with E-state index in [1.54, 1.807) is 24.3 Å². The molecule has 1 amide bonds. The number of benzene rings is 3. The molecule has 8 heteroatoms. The van der Waals surface area contributed by atoms with Gasteiger partial charge in [0.2, 0.25) is 15.9 Å². The fourth-order valence-corrected chi connectivity index (χ4v) is 4.50. The second-order valence-corrected chi connectivity index (χ2v) is 9.12. The Kier molecular flexibility index (Phi) is 6.84. The van der Waals surface area contributed by atoms with Crippen molar-refractivity contribution in [1.82, 2.24) is 5.32 Å². The molecule has 3 aromatic carbocycles. The Morgan fingerprint density at radius 1 is 1.07 bits per heavy atom. The molecular formula is C22H23ClN2O4S. The van der Waals surface area contributed by atoms with Gasteiger partial charge in [-0.1, -0.05) is 48.0 Å². The molecule has 0 radical (unpaired) electrons. The van der Waals surface area contributed by atoms with Crippen molar-refractivity contribution < 1.29 is 17.9 Å². The van der Waals surface area contributed by atoms with E-state index in [9.17, 15) is 13.2 Å². The number of ether oxygens (including phenoxy) is 1. The Morgan fingerprint density at radius 2 is 1.73 bits per heavy atom. The molecule has 3 rings (SSSR count). The molecule has 1 N–H and O–H groups in total. The lowest BCUT2D eigenvalue weighted by molar-refractivity contribution is -0.121. The molecule has 0 saturated heterocycles. The van der Waals surface area contributed by atoms with Crippen molar-refractivity contribution in [3.8, 4) is 5.75 Å². The lowest BCUT2D eigenvalue weighted by Gasteiger charge is -2.28. The maximum atomic E-state index is 12.6. The minimum atomic E-state index is -3.67. The summed E-state index contributed by atoms with van der Waals surface area (Å²) >= 11 is 5.88. The van der Waals surface area contributed by atoms with Crippen LogP contribution in [0.15, 0.2) is 66.7 Å². The molecular weight excluding hydrogens is 424 g/mol. The molecule has 0 aliphatic rings. The number of nitrogens with zero attached hydrogens (tertiary/aromatic N) is 1. The minimum absolute atomic E-state index is 0.241. The van der Waals surface area contributed by atoms with E-state index in [4.69, 9.17) is 16.3 Å². The standard InChI is InChI=1S/C22H23ClN2O4S/c1-16(25(30(2,27)28)19-12-10-18(23)11-13-19)22(26)24-14-15-29-21-9-5-7-17-6-3-4-8-20(17)21/h3-13,16H,14-15H2,1-2H3,(H,24,26)/t16-/m0/s1. The molecule has 6 nitrogen and oxygen atoms in total. The van der Waals surface area contributed by atoms with Crippen molar-refractivity contribution in [2.45, 2.75) is 13.0 Å². The third-order valence-electron chi connectivity index (χ3n) is 4.58. The second-order valence-electron chi connectivity index (χ2n) is 6.83. The highest BCUT2D eigenvalue weighted by atomic mass is 35.5. The van der Waals surface area contributed by atoms with Gasteiger partial charge in [0.1, 0.15) is 18.4 Å². The number of halogens is 1. The number of hydrogen-bond donors (Lipinski definition) is 1. The molecule has 0 aromatic heterocycles. The Morgan fingerprint density at radius 3 is 2.43 bits per heavy atom. The van der Waals surface area contributed by atoms with Crippen LogP contribution in [0.1, 0.15) is 6.92 Å². The van der Waals surface area contributed by atoms with Gasteiger partial charge in [-0.05, 0) is 42.6 Å². The summed E-state index contributed by atoms with van der Waals surface area (Å²) in [5, 5.41) is 5.28. The van der Waals surface area contributed by atoms with Gasteiger partial charge in [0, 0.05) is 10.4 Å². The number of carbonyl (C=O) groups excluding carboxylic acids is 1. The smallest absolute Gasteiger partial charge is 0.243 e. The van der Waals surface area contributed by atoms with Crippen LogP contribution in [0, 0.1) is 0 Å². The molecule has 158 valence electrons. The number of rotatable bonds is 8. The number of anilines is 1. The van der Waals surface area contributed by atoms with Gasteiger partial charge in [0.25, 0.3) is 0 Å². The van der Waals surface area contributed by atoms with Crippen molar-refractivity contribution in [3.05, 3.63) is 71.8 Å².